The second-order valence-corrected chi connectivity index (χ2v) is 6.99. The number of pyridine rings is 2. The molecule has 0 saturated heterocycles. The fourth-order valence-electron chi connectivity index (χ4n) is 3.43. The van der Waals surface area contributed by atoms with Gasteiger partial charge in [0.2, 0.25) is 0 Å². The maximum absolute atomic E-state index is 12.8. The van der Waals surface area contributed by atoms with E-state index >= 15 is 0 Å². The second-order valence-electron chi connectivity index (χ2n) is 6.99. The third kappa shape index (κ3) is 5.02. The molecule has 0 radical (unpaired) electrons. The first-order chi connectivity index (χ1) is 13.4. The Balaban J connectivity index is 1.70. The second kappa shape index (κ2) is 8.91. The minimum atomic E-state index is -4.14. The van der Waals surface area contributed by atoms with Gasteiger partial charge in [0.25, 0.3) is 0 Å². The van der Waals surface area contributed by atoms with Crippen molar-refractivity contribution in [2.24, 2.45) is 5.92 Å². The highest BCUT2D eigenvalue weighted by Crippen LogP contribution is 2.39. The zero-order valence-electron chi connectivity index (χ0n) is 15.6. The molecule has 1 aliphatic carbocycles. The lowest BCUT2D eigenvalue weighted by molar-refractivity contribution is -0.185. The van der Waals surface area contributed by atoms with Crippen LogP contribution < -0.4 is 10.1 Å². The number of alkyl halides is 3. The molecule has 1 aliphatic rings. The Kier molecular flexibility index (Phi) is 6.56. The van der Waals surface area contributed by atoms with Gasteiger partial charge in [-0.05, 0) is 37.8 Å². The Bertz CT molecular complexity index is 780. The summed E-state index contributed by atoms with van der Waals surface area (Å²) in [6.07, 6.45) is -1.11. The number of ether oxygens (including phenoxy) is 2. The van der Waals surface area contributed by atoms with E-state index in [1.54, 1.807) is 12.3 Å². The molecule has 3 rings (SSSR count). The fourth-order valence-corrected chi connectivity index (χ4v) is 3.43. The van der Waals surface area contributed by atoms with Crippen molar-refractivity contribution in [2.75, 3.05) is 25.6 Å². The molecule has 0 aliphatic heterocycles. The molecule has 2 heterocycles. The van der Waals surface area contributed by atoms with Crippen LogP contribution in [0.15, 0.2) is 24.5 Å². The maximum atomic E-state index is 12.8. The lowest BCUT2D eigenvalue weighted by Crippen LogP contribution is -2.32. The number of fused-ring (bicyclic) bond motifs is 1. The Morgan fingerprint density at radius 1 is 1.25 bits per heavy atom. The number of hydrogen-bond acceptors (Lipinski definition) is 6. The van der Waals surface area contributed by atoms with Gasteiger partial charge in [-0.2, -0.15) is 13.2 Å². The van der Waals surface area contributed by atoms with Crippen molar-refractivity contribution in [2.45, 2.75) is 44.1 Å². The summed E-state index contributed by atoms with van der Waals surface area (Å²) in [5.41, 5.74) is 0.583. The van der Waals surface area contributed by atoms with Crippen molar-refractivity contribution in [3.05, 3.63) is 24.5 Å². The largest absolute Gasteiger partial charge is 0.487 e. The summed E-state index contributed by atoms with van der Waals surface area (Å²) in [7, 11) is 1.51. The summed E-state index contributed by atoms with van der Waals surface area (Å²) in [5, 5.41) is 13.6. The van der Waals surface area contributed by atoms with Gasteiger partial charge in [0, 0.05) is 25.2 Å². The molecule has 1 unspecified atom stereocenters. The van der Waals surface area contributed by atoms with Gasteiger partial charge in [-0.25, -0.2) is 4.98 Å². The van der Waals surface area contributed by atoms with E-state index in [2.05, 4.69) is 15.3 Å². The van der Waals surface area contributed by atoms with Crippen molar-refractivity contribution in [1.29, 1.82) is 0 Å². The molecular formula is C19H24F3N3O3. The van der Waals surface area contributed by atoms with Crippen molar-refractivity contribution in [3.8, 4) is 5.75 Å². The number of nitrogens with zero attached hydrogens (tertiary/aromatic N) is 2. The van der Waals surface area contributed by atoms with Gasteiger partial charge < -0.3 is 19.9 Å². The number of halogens is 3. The smallest absolute Gasteiger partial charge is 0.391 e. The summed E-state index contributed by atoms with van der Waals surface area (Å²) in [6.45, 7) is 0.456. The van der Waals surface area contributed by atoms with Gasteiger partial charge in [-0.3, -0.25) is 4.98 Å². The molecule has 2 N–H and O–H groups in total. The molecule has 6 nitrogen and oxygen atoms in total. The molecule has 2 aromatic heterocycles. The SMILES string of the molecule is COCC(O)CNc1ncc(OC2CCC(C(F)(F)F)CC2)c2ncccc12. The van der Waals surface area contributed by atoms with Crippen molar-refractivity contribution >= 4 is 16.7 Å². The zero-order chi connectivity index (χ0) is 20.1. The van der Waals surface area contributed by atoms with Crippen LogP contribution in [0.1, 0.15) is 25.7 Å². The summed E-state index contributed by atoms with van der Waals surface area (Å²) in [4.78, 5) is 8.70. The van der Waals surface area contributed by atoms with E-state index in [9.17, 15) is 18.3 Å². The highest BCUT2D eigenvalue weighted by molar-refractivity contribution is 5.92. The molecule has 0 aromatic carbocycles. The van der Waals surface area contributed by atoms with Crippen LogP contribution in [-0.4, -0.2) is 53.7 Å². The van der Waals surface area contributed by atoms with Crippen LogP contribution in [-0.2, 0) is 4.74 Å². The average Bonchev–Trinajstić information content (AvgIpc) is 2.67. The summed E-state index contributed by atoms with van der Waals surface area (Å²) in [5.74, 6) is -0.245. The molecule has 154 valence electrons. The molecule has 1 atom stereocenters. The lowest BCUT2D eigenvalue weighted by Gasteiger charge is -2.30. The van der Waals surface area contributed by atoms with Crippen LogP contribution >= 0.6 is 0 Å². The first-order valence-corrected chi connectivity index (χ1v) is 9.26. The number of aliphatic hydroxyl groups is 1. The summed E-state index contributed by atoms with van der Waals surface area (Å²) >= 11 is 0. The predicted molar refractivity (Wildman–Crippen MR) is 98.3 cm³/mol. The highest BCUT2D eigenvalue weighted by Gasteiger charge is 2.41. The molecule has 1 saturated carbocycles. The van der Waals surface area contributed by atoms with E-state index < -0.39 is 18.2 Å². The molecule has 1 fully saturated rings. The van der Waals surface area contributed by atoms with Gasteiger partial charge >= 0.3 is 6.18 Å². The van der Waals surface area contributed by atoms with Crippen LogP contribution in [0.5, 0.6) is 5.75 Å². The van der Waals surface area contributed by atoms with Crippen LogP contribution in [0.25, 0.3) is 10.9 Å². The zero-order valence-corrected chi connectivity index (χ0v) is 15.6. The Hall–Kier alpha value is -2.13. The first-order valence-electron chi connectivity index (χ1n) is 9.26. The molecular weight excluding hydrogens is 375 g/mol. The van der Waals surface area contributed by atoms with E-state index in [0.717, 1.165) is 0 Å². The molecule has 0 spiro atoms. The number of rotatable bonds is 7. The lowest BCUT2D eigenvalue weighted by atomic mass is 9.87. The van der Waals surface area contributed by atoms with E-state index in [1.807, 2.05) is 6.07 Å². The number of aliphatic hydroxyl groups excluding tert-OH is 1. The Labute approximate surface area is 161 Å². The third-order valence-corrected chi connectivity index (χ3v) is 4.90. The van der Waals surface area contributed by atoms with E-state index in [-0.39, 0.29) is 32.1 Å². The fraction of sp³-hybridized carbons (Fsp3) is 0.579. The predicted octanol–water partition coefficient (Wildman–Crippen LogP) is 3.55. The van der Waals surface area contributed by atoms with Crippen molar-refractivity contribution in [3.63, 3.8) is 0 Å². The number of aromatic nitrogens is 2. The molecule has 28 heavy (non-hydrogen) atoms. The van der Waals surface area contributed by atoms with E-state index in [4.69, 9.17) is 9.47 Å². The monoisotopic (exact) mass is 399 g/mol. The van der Waals surface area contributed by atoms with Gasteiger partial charge in [0.15, 0.2) is 5.75 Å². The number of nitrogens with one attached hydrogen (secondary N) is 1. The van der Waals surface area contributed by atoms with E-state index in [0.29, 0.717) is 35.3 Å². The molecule has 9 heteroatoms. The minimum absolute atomic E-state index is 0.0734. The number of hydrogen-bond donors (Lipinski definition) is 2. The van der Waals surface area contributed by atoms with Crippen molar-refractivity contribution in [1.82, 2.24) is 9.97 Å². The molecule has 0 amide bonds. The average molecular weight is 399 g/mol. The standard InChI is InChI=1S/C19H24F3N3O3/c1-27-11-13(26)9-24-18-15-3-2-8-23-17(15)16(10-25-18)28-14-6-4-12(5-7-14)19(20,21)22/h2-3,8,10,12-14,26H,4-7,9,11H2,1H3,(H,24,25). The van der Waals surface area contributed by atoms with Crippen molar-refractivity contribution < 1.29 is 27.8 Å². The maximum Gasteiger partial charge on any atom is 0.391 e. The van der Waals surface area contributed by atoms with E-state index in [1.165, 1.54) is 13.3 Å². The van der Waals surface area contributed by atoms with Crippen LogP contribution in [0.4, 0.5) is 19.0 Å². The van der Waals surface area contributed by atoms with Crippen LogP contribution in [0.2, 0.25) is 0 Å². The van der Waals surface area contributed by atoms with Crippen LogP contribution in [0, 0.1) is 5.92 Å². The van der Waals surface area contributed by atoms with Crippen LogP contribution in [0.3, 0.4) is 0 Å². The van der Waals surface area contributed by atoms with Gasteiger partial charge in [-0.15, -0.1) is 0 Å². The first kappa shape index (κ1) is 20.6. The Morgan fingerprint density at radius 2 is 2.00 bits per heavy atom. The van der Waals surface area contributed by atoms with Gasteiger partial charge in [0.05, 0.1) is 30.9 Å². The summed E-state index contributed by atoms with van der Waals surface area (Å²) < 4.78 is 49.4. The minimum Gasteiger partial charge on any atom is -0.487 e. The quantitative estimate of drug-likeness (QED) is 0.742. The van der Waals surface area contributed by atoms with Gasteiger partial charge in [-0.1, -0.05) is 0 Å². The Morgan fingerprint density at radius 3 is 2.68 bits per heavy atom. The van der Waals surface area contributed by atoms with Gasteiger partial charge in [0.1, 0.15) is 11.3 Å². The normalized spacial score (nSPS) is 21.5. The third-order valence-electron chi connectivity index (χ3n) is 4.90. The molecule has 2 aromatic rings. The number of methoxy groups -OCH3 is 1. The topological polar surface area (TPSA) is 76.5 Å². The summed E-state index contributed by atoms with van der Waals surface area (Å²) in [6, 6.07) is 3.59. The molecule has 0 bridgehead atoms. The highest BCUT2D eigenvalue weighted by atomic mass is 19.4. The number of anilines is 1.